The largest absolute Gasteiger partial charge is 0.476 e. The number of anilines is 3. The van der Waals surface area contributed by atoms with Crippen LogP contribution < -0.4 is 37.2 Å². The zero-order chi connectivity index (χ0) is 74.5. The lowest BCUT2D eigenvalue weighted by molar-refractivity contribution is -0.175. The number of amides is 9. The molecule has 9 N–H and O–H groups in total. The number of fused-ring (bicyclic) bond motifs is 2. The molecule has 3 aromatic carbocycles. The highest BCUT2D eigenvalue weighted by atomic mass is 32.2. The number of aromatic nitrogens is 4. The highest BCUT2D eigenvalue weighted by Crippen LogP contribution is 2.71. The van der Waals surface area contributed by atoms with Crippen LogP contribution in [0.15, 0.2) is 97.2 Å². The summed E-state index contributed by atoms with van der Waals surface area (Å²) < 4.78 is 42.6. The van der Waals surface area contributed by atoms with Gasteiger partial charge in [0.15, 0.2) is 16.6 Å². The van der Waals surface area contributed by atoms with Crippen LogP contribution in [0.1, 0.15) is 154 Å². The third-order valence-electron chi connectivity index (χ3n) is 20.6. The lowest BCUT2D eigenvalue weighted by Gasteiger charge is -2.69. The molecule has 2 unspecified atom stereocenters. The predicted octanol–water partition coefficient (Wildman–Crippen LogP) is 8.73. The minimum atomic E-state index is -4.62. The van der Waals surface area contributed by atoms with Crippen molar-refractivity contribution in [1.82, 2.24) is 45.5 Å². The number of carbonyl (C=O) groups is 10. The number of para-hydroxylation sites is 1. The molecule has 28 nitrogen and oxygen atoms in total. The molecule has 4 saturated carbocycles. The molecular formula is C74H89N13O15S2. The first-order chi connectivity index (χ1) is 49.4. The highest BCUT2D eigenvalue weighted by molar-refractivity contribution is 7.85. The zero-order valence-electron chi connectivity index (χ0n) is 59.0. The molecule has 0 saturated heterocycles. The number of ether oxygens (including phenoxy) is 1. The summed E-state index contributed by atoms with van der Waals surface area (Å²) >= 11 is 1.39. The maximum absolute atomic E-state index is 14.5. The molecule has 4 bridgehead atoms. The number of rotatable bonds is 32. The minimum absolute atomic E-state index is 0.0948. The van der Waals surface area contributed by atoms with Gasteiger partial charge in [-0.1, -0.05) is 81.9 Å². The van der Waals surface area contributed by atoms with E-state index in [1.54, 1.807) is 62.5 Å². The summed E-state index contributed by atoms with van der Waals surface area (Å²) in [6.07, 6.45) is 9.86. The van der Waals surface area contributed by atoms with E-state index in [9.17, 15) is 66.0 Å². The van der Waals surface area contributed by atoms with E-state index in [2.05, 4.69) is 45.4 Å². The molecule has 9 amide bonds. The number of nitrogens with one attached hydrogen (secondary N) is 5. The summed E-state index contributed by atoms with van der Waals surface area (Å²) in [5, 5.41) is 30.6. The van der Waals surface area contributed by atoms with Gasteiger partial charge in [-0.05, 0) is 159 Å². The molecule has 5 heterocycles. The van der Waals surface area contributed by atoms with Crippen molar-refractivity contribution in [3.63, 3.8) is 0 Å². The monoisotopic (exact) mass is 1460 g/mol. The average molecular weight is 1460 g/mol. The van der Waals surface area contributed by atoms with Crippen molar-refractivity contribution < 1.29 is 70.8 Å². The van der Waals surface area contributed by atoms with Crippen molar-refractivity contribution in [2.24, 2.45) is 33.8 Å². The lowest BCUT2D eigenvalue weighted by atomic mass is 9.38. The summed E-state index contributed by atoms with van der Waals surface area (Å²) in [6, 6.07) is 21.4. The van der Waals surface area contributed by atoms with Crippen LogP contribution in [0.3, 0.4) is 0 Å². The van der Waals surface area contributed by atoms with Crippen LogP contribution in [-0.2, 0) is 69.7 Å². The van der Waals surface area contributed by atoms with Gasteiger partial charge in [0.25, 0.3) is 27.8 Å². The standard InChI is InChI=1S/C74H89N13O15S2/c1-45(2)63(81-59(89)18-7-6-10-29-86-61(91)25-26-62(86)92)56(88)33-49(14-12-28-76-68(75)97)65(93)78-50-21-19-47(20-22-50)37-102-70(98)85(31-32-104(99,100)101)36-60(90)83-74-41-71(4)38-72(5,42-74)40-73(39-71,43-74)44-87-46(3)53(34-77-87)51-23-24-58(80-64(51)67(95)96)84-30-27-48-13-11-15-52(54(48)35-84)66(94)82-69-79-55-16-8-9-17-57(55)103-69/h8-9,11,13,15-17,19-26,34,45,49,63H,6-7,10,12,14,18,27-33,35-44H2,1-5H3,(H,78,93)(H,81,89)(H,83,90)(H,95,96)(H3,75,76,97)(H,79,82,94)(H,99,100,101)/t49-,63+,71?,72?,73?,74?/m1/s1. The van der Waals surface area contributed by atoms with E-state index in [0.717, 1.165) is 56.1 Å². The van der Waals surface area contributed by atoms with E-state index >= 15 is 0 Å². The molecule has 4 fully saturated rings. The van der Waals surface area contributed by atoms with E-state index in [1.807, 2.05) is 52.9 Å². The Balaban J connectivity index is 0.707. The van der Waals surface area contributed by atoms with E-state index in [0.29, 0.717) is 103 Å². The number of hydrogen-bond acceptors (Lipinski definition) is 18. The summed E-state index contributed by atoms with van der Waals surface area (Å²) in [5.41, 5.74) is 9.15. The first kappa shape index (κ1) is 75.2. The molecule has 3 aromatic heterocycles. The van der Waals surface area contributed by atoms with Crippen LogP contribution in [0.2, 0.25) is 0 Å². The van der Waals surface area contributed by atoms with Crippen molar-refractivity contribution in [2.45, 2.75) is 156 Å². The van der Waals surface area contributed by atoms with E-state index < -0.39 is 76.4 Å². The maximum atomic E-state index is 14.5. The summed E-state index contributed by atoms with van der Waals surface area (Å²) in [6.45, 7) is 10.1. The van der Waals surface area contributed by atoms with E-state index in [4.69, 9.17) is 20.6 Å². The molecule has 6 aliphatic rings. The smallest absolute Gasteiger partial charge is 0.410 e. The molecule has 6 aromatic rings. The molecule has 552 valence electrons. The van der Waals surface area contributed by atoms with Crippen LogP contribution in [0.5, 0.6) is 0 Å². The molecule has 12 rings (SSSR count). The Morgan fingerprint density at radius 1 is 0.817 bits per heavy atom. The van der Waals surface area contributed by atoms with Gasteiger partial charge in [0, 0.05) is 104 Å². The number of urea groups is 1. The van der Waals surface area contributed by atoms with Gasteiger partial charge in [-0.25, -0.2) is 24.4 Å². The predicted molar refractivity (Wildman–Crippen MR) is 387 cm³/mol. The Morgan fingerprint density at radius 3 is 2.24 bits per heavy atom. The van der Waals surface area contributed by atoms with Crippen molar-refractivity contribution in [3.05, 3.63) is 131 Å². The summed E-state index contributed by atoms with van der Waals surface area (Å²) in [7, 11) is -4.62. The number of imide groups is 1. The number of carboxylic acids is 1. The van der Waals surface area contributed by atoms with Crippen LogP contribution in [-0.4, -0.2) is 157 Å². The van der Waals surface area contributed by atoms with Crippen molar-refractivity contribution in [2.75, 3.05) is 54.0 Å². The van der Waals surface area contributed by atoms with Crippen molar-refractivity contribution in [3.8, 4) is 11.1 Å². The Hall–Kier alpha value is -9.94. The number of nitrogens with zero attached hydrogens (tertiary/aromatic N) is 7. The Bertz CT molecular complexity index is 4430. The van der Waals surface area contributed by atoms with Gasteiger partial charge in [0.05, 0.1) is 28.2 Å². The fourth-order valence-corrected chi connectivity index (χ4v) is 18.5. The fraction of sp³-hybridized carbons (Fsp3) is 0.473. The lowest BCUT2D eigenvalue weighted by Crippen LogP contribution is -2.69. The first-order valence-corrected chi connectivity index (χ1v) is 37.5. The SMILES string of the molecule is Cc1c(-c2ccc(N3CCc4cccc(C(=O)Nc5nc6ccccc6s5)c4C3)nc2C(=O)O)cnn1CC12CC3(C)CC(C)(C1)CC(NC(=O)CN(CCS(=O)(=O)O)C(=O)OCc1ccc(NC(=O)[C@H](CCCNC(N)=O)CC(=O)[C@@H](NC(=O)CCCCCN4C(=O)C=CC4=O)C(C)C)cc1)(C3)C2. The van der Waals surface area contributed by atoms with E-state index in [-0.39, 0.29) is 103 Å². The average Bonchev–Trinajstić information content (AvgIpc) is 0.712. The molecule has 0 radical (unpaired) electrons. The second-order valence-corrected chi connectivity index (χ2v) is 32.4. The van der Waals surface area contributed by atoms with Crippen molar-refractivity contribution in [1.29, 1.82) is 0 Å². The third kappa shape index (κ3) is 18.2. The Labute approximate surface area is 606 Å². The maximum Gasteiger partial charge on any atom is 0.410 e. The van der Waals surface area contributed by atoms with Crippen molar-refractivity contribution >= 4 is 108 Å². The molecule has 4 aliphatic carbocycles. The van der Waals surface area contributed by atoms with Gasteiger partial charge < -0.3 is 41.7 Å². The summed E-state index contributed by atoms with van der Waals surface area (Å²) in [4.78, 5) is 145. The number of hydrogen-bond donors (Lipinski definition) is 8. The van der Waals surface area contributed by atoms with Gasteiger partial charge in [0.2, 0.25) is 17.7 Å². The number of aromatic carboxylic acids is 1. The first-order valence-electron chi connectivity index (χ1n) is 35.1. The number of ketones is 1. The fourth-order valence-electron chi connectivity index (χ4n) is 17.2. The normalized spacial score (nSPS) is 20.8. The summed E-state index contributed by atoms with van der Waals surface area (Å²) in [5.74, 6) is -5.77. The second kappa shape index (κ2) is 31.2. The number of primary amides is 1. The number of thiazole rings is 1. The van der Waals surface area contributed by atoms with Gasteiger partial charge in [-0.2, -0.15) is 13.5 Å². The number of pyridine rings is 1. The molecule has 0 spiro atoms. The molecule has 30 heteroatoms. The van der Waals surface area contributed by atoms with Gasteiger partial charge >= 0.3 is 18.1 Å². The van der Waals surface area contributed by atoms with Crippen LogP contribution in [0.4, 0.5) is 26.2 Å². The minimum Gasteiger partial charge on any atom is -0.476 e. The third-order valence-corrected chi connectivity index (χ3v) is 22.2. The molecular weight excluding hydrogens is 1380 g/mol. The zero-order valence-corrected chi connectivity index (χ0v) is 60.6. The van der Waals surface area contributed by atoms with Gasteiger partial charge in [-0.3, -0.25) is 57.9 Å². The topological polar surface area (TPSA) is 394 Å². The number of unbranched alkanes of at least 4 members (excludes halogenated alkanes) is 2. The van der Waals surface area contributed by atoms with Gasteiger partial charge in [0.1, 0.15) is 19.0 Å². The van der Waals surface area contributed by atoms with Crippen LogP contribution in [0.25, 0.3) is 21.3 Å². The van der Waals surface area contributed by atoms with Crippen LogP contribution in [0, 0.1) is 35.0 Å². The molecule has 104 heavy (non-hydrogen) atoms. The van der Waals surface area contributed by atoms with Crippen LogP contribution >= 0.6 is 11.3 Å². The number of carboxylic acid groups (broad SMARTS) is 1. The quantitative estimate of drug-likeness (QED) is 0.0111. The number of Topliss-reactive ketones (excluding diaryl/α,β-unsaturated/α-hetero) is 1. The Morgan fingerprint density at radius 2 is 1.55 bits per heavy atom. The number of benzene rings is 3. The number of carbonyl (C=O) groups excluding carboxylic acids is 9. The molecule has 4 atom stereocenters. The second-order valence-electron chi connectivity index (χ2n) is 29.7. The molecule has 2 aliphatic heterocycles. The Kier molecular flexibility index (Phi) is 22.5. The van der Waals surface area contributed by atoms with Gasteiger partial charge in [-0.15, -0.1) is 0 Å². The number of nitrogens with two attached hydrogens (primary N) is 1. The van der Waals surface area contributed by atoms with E-state index in [1.165, 1.54) is 23.5 Å². The highest BCUT2D eigenvalue weighted by Gasteiger charge is 2.66.